The van der Waals surface area contributed by atoms with E-state index in [9.17, 15) is 13.2 Å². The van der Waals surface area contributed by atoms with Crippen molar-refractivity contribution >= 4 is 38.9 Å². The Morgan fingerprint density at radius 3 is 2.06 bits per heavy atom. The van der Waals surface area contributed by atoms with Crippen molar-refractivity contribution in [1.29, 1.82) is 0 Å². The molecule has 1 aliphatic rings. The summed E-state index contributed by atoms with van der Waals surface area (Å²) in [6.07, 6.45) is 2.00. The molecule has 0 saturated heterocycles. The van der Waals surface area contributed by atoms with Crippen molar-refractivity contribution in [2.24, 2.45) is 0 Å². The number of nitrogens with one attached hydrogen (secondary N) is 1. The second-order valence-corrected chi connectivity index (χ2v) is 10.8. The highest BCUT2D eigenvalue weighted by atomic mass is 32.2. The van der Waals surface area contributed by atoms with Crippen LogP contribution in [0.2, 0.25) is 0 Å². The van der Waals surface area contributed by atoms with Gasteiger partial charge in [-0.1, -0.05) is 48.2 Å². The summed E-state index contributed by atoms with van der Waals surface area (Å²) in [6, 6.07) is 23.5. The van der Waals surface area contributed by atoms with Gasteiger partial charge in [-0.25, -0.2) is 8.42 Å². The average Bonchev–Trinajstić information content (AvgIpc) is 2.75. The van der Waals surface area contributed by atoms with E-state index >= 15 is 0 Å². The molecule has 0 radical (unpaired) electrons. The van der Waals surface area contributed by atoms with E-state index < -0.39 is 9.84 Å². The van der Waals surface area contributed by atoms with Gasteiger partial charge >= 0.3 is 0 Å². The van der Waals surface area contributed by atoms with Gasteiger partial charge in [-0.05, 0) is 48.4 Å². The summed E-state index contributed by atoms with van der Waals surface area (Å²) in [5.41, 5.74) is 3.60. The lowest BCUT2D eigenvalue weighted by Gasteiger charge is -2.32. The molecule has 0 unspecified atom stereocenters. The van der Waals surface area contributed by atoms with Gasteiger partial charge in [-0.15, -0.1) is 0 Å². The molecule has 0 atom stereocenters. The molecule has 1 heterocycles. The first-order valence-electron chi connectivity index (χ1n) is 10.1. The van der Waals surface area contributed by atoms with E-state index in [0.29, 0.717) is 17.7 Å². The van der Waals surface area contributed by atoms with Crippen LogP contribution in [0, 0.1) is 0 Å². The Morgan fingerprint density at radius 2 is 1.48 bits per heavy atom. The monoisotopic (exact) mass is 452 g/mol. The number of rotatable bonds is 7. The van der Waals surface area contributed by atoms with Crippen LogP contribution in [0.5, 0.6) is 0 Å². The zero-order valence-electron chi connectivity index (χ0n) is 17.2. The van der Waals surface area contributed by atoms with Crippen LogP contribution in [-0.4, -0.2) is 33.7 Å². The third kappa shape index (κ3) is 5.29. The zero-order valence-corrected chi connectivity index (χ0v) is 18.9. The number of anilines is 2. The largest absolute Gasteiger partial charge is 0.352 e. The van der Waals surface area contributed by atoms with Crippen LogP contribution in [0.15, 0.2) is 82.6 Å². The maximum atomic E-state index is 12.4. The maximum Gasteiger partial charge on any atom is 0.251 e. The number of fused-ring (bicyclic) bond motifs is 2. The van der Waals surface area contributed by atoms with E-state index in [0.717, 1.165) is 13.0 Å². The molecule has 0 bridgehead atoms. The molecule has 1 N–H and O–H groups in total. The molecule has 3 aromatic carbocycles. The van der Waals surface area contributed by atoms with Gasteiger partial charge in [0.1, 0.15) is 0 Å². The Hall–Kier alpha value is -2.77. The number of sulfone groups is 1. The van der Waals surface area contributed by atoms with Crippen molar-refractivity contribution in [3.63, 3.8) is 0 Å². The number of hydrogen-bond acceptors (Lipinski definition) is 5. The first kappa shape index (κ1) is 21.5. The summed E-state index contributed by atoms with van der Waals surface area (Å²) >= 11 is 1.78. The summed E-state index contributed by atoms with van der Waals surface area (Å²) in [5.74, 6) is -0.174. The van der Waals surface area contributed by atoms with Gasteiger partial charge in [0.25, 0.3) is 5.91 Å². The van der Waals surface area contributed by atoms with Crippen LogP contribution in [0.25, 0.3) is 0 Å². The minimum Gasteiger partial charge on any atom is -0.352 e. The molecule has 0 saturated carbocycles. The highest BCUT2D eigenvalue weighted by Crippen LogP contribution is 2.47. The van der Waals surface area contributed by atoms with Gasteiger partial charge in [-0.2, -0.15) is 0 Å². The second-order valence-electron chi connectivity index (χ2n) is 7.57. The van der Waals surface area contributed by atoms with E-state index in [1.807, 2.05) is 0 Å². The van der Waals surface area contributed by atoms with Crippen LogP contribution in [0.1, 0.15) is 22.3 Å². The molecule has 1 aliphatic heterocycles. The Balaban J connectivity index is 1.36. The summed E-state index contributed by atoms with van der Waals surface area (Å²) in [5, 5.41) is 2.97. The number of carbonyl (C=O) groups excluding carboxylic acids is 1. The van der Waals surface area contributed by atoms with Crippen LogP contribution in [-0.2, 0) is 15.6 Å². The van der Waals surface area contributed by atoms with Gasteiger partial charge in [0.2, 0.25) is 0 Å². The predicted molar refractivity (Wildman–Crippen MR) is 126 cm³/mol. The second kappa shape index (κ2) is 9.16. The van der Waals surface area contributed by atoms with Crippen molar-refractivity contribution in [2.45, 2.75) is 22.0 Å². The van der Waals surface area contributed by atoms with Crippen LogP contribution in [0.4, 0.5) is 11.4 Å². The van der Waals surface area contributed by atoms with Gasteiger partial charge in [0.05, 0.1) is 17.1 Å². The minimum absolute atomic E-state index is 0.0219. The Morgan fingerprint density at radius 1 is 0.903 bits per heavy atom. The van der Waals surface area contributed by atoms with Crippen LogP contribution < -0.4 is 10.2 Å². The SMILES string of the molecule is CS(=O)(=O)Cc1ccc(C(=O)NCCCN2c3ccccc3Sc3ccccc32)cc1. The van der Waals surface area contributed by atoms with E-state index in [1.165, 1.54) is 27.4 Å². The number of amides is 1. The molecule has 0 spiro atoms. The van der Waals surface area contributed by atoms with Gasteiger partial charge in [-0.3, -0.25) is 4.79 Å². The van der Waals surface area contributed by atoms with Crippen molar-refractivity contribution in [2.75, 3.05) is 24.2 Å². The van der Waals surface area contributed by atoms with Crippen molar-refractivity contribution in [1.82, 2.24) is 5.32 Å². The minimum atomic E-state index is -3.09. The molecule has 31 heavy (non-hydrogen) atoms. The molecule has 0 aliphatic carbocycles. The molecular formula is C24H24N2O3S2. The zero-order chi connectivity index (χ0) is 21.8. The topological polar surface area (TPSA) is 66.5 Å². The lowest BCUT2D eigenvalue weighted by Crippen LogP contribution is -2.29. The Kier molecular flexibility index (Phi) is 6.34. The summed E-state index contributed by atoms with van der Waals surface area (Å²) < 4.78 is 22.8. The van der Waals surface area contributed by atoms with E-state index in [1.54, 1.807) is 36.0 Å². The molecule has 1 amide bonds. The lowest BCUT2D eigenvalue weighted by molar-refractivity contribution is 0.0953. The quantitative estimate of drug-likeness (QED) is 0.529. The molecular weight excluding hydrogens is 428 g/mol. The third-order valence-electron chi connectivity index (χ3n) is 5.02. The first-order valence-corrected chi connectivity index (χ1v) is 13.0. The number of carbonyl (C=O) groups is 1. The standard InChI is InChI=1S/C24H24N2O3S2/c1-31(28,29)17-18-11-13-19(14-12-18)24(27)25-15-6-16-26-20-7-2-4-9-22(20)30-23-10-5-3-8-21(23)26/h2-5,7-14H,6,15-17H2,1H3,(H,25,27). The van der Waals surface area contributed by atoms with Gasteiger partial charge in [0.15, 0.2) is 9.84 Å². The van der Waals surface area contributed by atoms with Crippen molar-refractivity contribution < 1.29 is 13.2 Å². The molecule has 0 fully saturated rings. The average molecular weight is 453 g/mol. The number of nitrogens with zero attached hydrogens (tertiary/aromatic N) is 1. The molecule has 3 aromatic rings. The Bertz CT molecular complexity index is 1150. The number of benzene rings is 3. The highest BCUT2D eigenvalue weighted by Gasteiger charge is 2.22. The van der Waals surface area contributed by atoms with Gasteiger partial charge < -0.3 is 10.2 Å². The fraction of sp³-hybridized carbons (Fsp3) is 0.208. The fourth-order valence-electron chi connectivity index (χ4n) is 3.62. The smallest absolute Gasteiger partial charge is 0.251 e. The number of hydrogen-bond donors (Lipinski definition) is 1. The van der Waals surface area contributed by atoms with Gasteiger partial charge in [0, 0.05) is 34.7 Å². The van der Waals surface area contributed by atoms with E-state index in [2.05, 4.69) is 58.7 Å². The molecule has 7 heteroatoms. The normalized spacial score (nSPS) is 12.7. The van der Waals surface area contributed by atoms with Crippen LogP contribution >= 0.6 is 11.8 Å². The first-order chi connectivity index (χ1) is 14.9. The fourth-order valence-corrected chi connectivity index (χ4v) is 5.51. The summed E-state index contributed by atoms with van der Waals surface area (Å²) in [7, 11) is -3.09. The number of para-hydroxylation sites is 2. The Labute approximate surface area is 187 Å². The highest BCUT2D eigenvalue weighted by molar-refractivity contribution is 7.99. The predicted octanol–water partition coefficient (Wildman–Crippen LogP) is 4.65. The van der Waals surface area contributed by atoms with E-state index in [-0.39, 0.29) is 11.7 Å². The lowest BCUT2D eigenvalue weighted by atomic mass is 10.1. The van der Waals surface area contributed by atoms with Crippen LogP contribution in [0.3, 0.4) is 0 Å². The van der Waals surface area contributed by atoms with Crippen molar-refractivity contribution in [3.8, 4) is 0 Å². The summed E-state index contributed by atoms with van der Waals surface area (Å²) in [4.78, 5) is 17.2. The molecule has 160 valence electrons. The van der Waals surface area contributed by atoms with E-state index in [4.69, 9.17) is 0 Å². The third-order valence-corrected chi connectivity index (χ3v) is 7.01. The summed E-state index contributed by atoms with van der Waals surface area (Å²) in [6.45, 7) is 1.35. The molecule has 0 aromatic heterocycles. The van der Waals surface area contributed by atoms with Crippen molar-refractivity contribution in [3.05, 3.63) is 83.9 Å². The molecule has 4 rings (SSSR count). The maximum absolute atomic E-state index is 12.4. The molecule has 5 nitrogen and oxygen atoms in total.